The Labute approximate surface area is 160 Å². The zero-order valence-electron chi connectivity index (χ0n) is 14.2. The van der Waals surface area contributed by atoms with Gasteiger partial charge < -0.3 is 15.6 Å². The molecule has 0 aliphatic rings. The van der Waals surface area contributed by atoms with Gasteiger partial charge in [0, 0.05) is 27.9 Å². The molecule has 0 unspecified atom stereocenters. The average Bonchev–Trinajstić information content (AvgIpc) is 2.61. The molecule has 6 heteroatoms. The molecular formula is C20H18BrN3O2. The van der Waals surface area contributed by atoms with Crippen LogP contribution in [0.3, 0.4) is 0 Å². The van der Waals surface area contributed by atoms with Crippen molar-refractivity contribution in [2.45, 2.75) is 6.92 Å². The van der Waals surface area contributed by atoms with Crippen LogP contribution in [0.15, 0.2) is 65.3 Å². The van der Waals surface area contributed by atoms with Crippen molar-refractivity contribution in [2.24, 2.45) is 0 Å². The van der Waals surface area contributed by atoms with E-state index >= 15 is 0 Å². The van der Waals surface area contributed by atoms with E-state index in [1.54, 1.807) is 24.4 Å². The summed E-state index contributed by atoms with van der Waals surface area (Å²) in [5, 5.41) is 10.5. The highest BCUT2D eigenvalue weighted by Crippen LogP contribution is 2.37. The maximum Gasteiger partial charge on any atom is 0.220 e. The molecule has 1 aromatic heterocycles. The Bertz CT molecular complexity index is 956. The number of aromatic hydroxyl groups is 1. The molecule has 0 aliphatic carbocycles. The molecule has 3 aromatic rings. The van der Waals surface area contributed by atoms with E-state index in [0.717, 1.165) is 21.2 Å². The van der Waals surface area contributed by atoms with E-state index in [2.05, 4.69) is 32.5 Å². The van der Waals surface area contributed by atoms with Crippen molar-refractivity contribution in [1.82, 2.24) is 9.97 Å². The first-order valence-corrected chi connectivity index (χ1v) is 8.72. The molecule has 3 N–H and O–H groups in total. The average molecular weight is 412 g/mol. The van der Waals surface area contributed by atoms with Crippen LogP contribution in [-0.4, -0.2) is 21.7 Å². The smallest absolute Gasteiger partial charge is 0.220 e. The second kappa shape index (κ2) is 7.58. The highest BCUT2D eigenvalue weighted by atomic mass is 79.9. The van der Waals surface area contributed by atoms with Gasteiger partial charge in [0.1, 0.15) is 18.1 Å². The van der Waals surface area contributed by atoms with Gasteiger partial charge in [-0.3, -0.25) is 0 Å². The third-order valence-corrected chi connectivity index (χ3v) is 4.20. The molecule has 0 fully saturated rings. The van der Waals surface area contributed by atoms with Crippen LogP contribution in [0.1, 0.15) is 6.92 Å². The third kappa shape index (κ3) is 4.03. The number of phenols is 1. The van der Waals surface area contributed by atoms with Gasteiger partial charge in [0.25, 0.3) is 0 Å². The van der Waals surface area contributed by atoms with Crippen LogP contribution in [0.4, 0.5) is 5.95 Å². The summed E-state index contributed by atoms with van der Waals surface area (Å²) >= 11 is 3.43. The normalized spacial score (nSPS) is 10.5. The molecule has 0 radical (unpaired) electrons. The van der Waals surface area contributed by atoms with Crippen LogP contribution in [0.2, 0.25) is 0 Å². The van der Waals surface area contributed by atoms with Gasteiger partial charge in [0.2, 0.25) is 5.95 Å². The maximum absolute atomic E-state index is 10.5. The lowest BCUT2D eigenvalue weighted by Gasteiger charge is -2.12. The van der Waals surface area contributed by atoms with Crippen molar-refractivity contribution in [3.63, 3.8) is 0 Å². The van der Waals surface area contributed by atoms with Gasteiger partial charge >= 0.3 is 0 Å². The van der Waals surface area contributed by atoms with Crippen LogP contribution in [0.5, 0.6) is 11.5 Å². The lowest BCUT2D eigenvalue weighted by atomic mass is 10.00. The standard InChI is InChI=1S/C20H18BrN3O2/c1-12(2)11-26-15-7-8-16(18(25)9-15)19-17(10-23-20(22)24-19)13-3-5-14(21)6-4-13/h3-10,25H,1,11H2,2H3,(H2,22,23,24). The Morgan fingerprint density at radius 2 is 1.92 bits per heavy atom. The third-order valence-electron chi connectivity index (χ3n) is 3.67. The van der Waals surface area contributed by atoms with Crippen molar-refractivity contribution < 1.29 is 9.84 Å². The zero-order valence-corrected chi connectivity index (χ0v) is 15.8. The number of phenolic OH excluding ortho intramolecular Hbond substituents is 1. The molecule has 0 saturated heterocycles. The van der Waals surface area contributed by atoms with E-state index in [9.17, 15) is 5.11 Å². The summed E-state index contributed by atoms with van der Waals surface area (Å²) in [7, 11) is 0. The van der Waals surface area contributed by atoms with E-state index < -0.39 is 0 Å². The first kappa shape index (κ1) is 17.9. The number of ether oxygens (including phenoxy) is 1. The minimum atomic E-state index is 0.0562. The summed E-state index contributed by atoms with van der Waals surface area (Å²) in [4.78, 5) is 8.45. The SMILES string of the molecule is C=C(C)COc1ccc(-c2nc(N)ncc2-c2ccc(Br)cc2)c(O)c1. The van der Waals surface area contributed by atoms with Gasteiger partial charge in [0.05, 0.1) is 5.69 Å². The number of hydrogen-bond acceptors (Lipinski definition) is 5. The molecule has 26 heavy (non-hydrogen) atoms. The van der Waals surface area contributed by atoms with Crippen molar-refractivity contribution in [2.75, 3.05) is 12.3 Å². The predicted octanol–water partition coefficient (Wildman–Crippen LogP) is 4.82. The number of benzene rings is 2. The van der Waals surface area contributed by atoms with Crippen LogP contribution in [0, 0.1) is 0 Å². The van der Waals surface area contributed by atoms with Crippen LogP contribution >= 0.6 is 15.9 Å². The molecule has 0 saturated carbocycles. The topological polar surface area (TPSA) is 81.3 Å². The molecule has 0 amide bonds. The van der Waals surface area contributed by atoms with Crippen LogP contribution in [-0.2, 0) is 0 Å². The summed E-state index contributed by atoms with van der Waals surface area (Å²) in [5.74, 6) is 0.755. The summed E-state index contributed by atoms with van der Waals surface area (Å²) in [6, 6.07) is 12.9. The lowest BCUT2D eigenvalue weighted by Crippen LogP contribution is -2.00. The van der Waals surface area contributed by atoms with Crippen molar-refractivity contribution in [1.29, 1.82) is 0 Å². The van der Waals surface area contributed by atoms with Crippen LogP contribution < -0.4 is 10.5 Å². The first-order chi connectivity index (χ1) is 12.4. The number of nitrogen functional groups attached to an aromatic ring is 1. The van der Waals surface area contributed by atoms with Crippen LogP contribution in [0.25, 0.3) is 22.4 Å². The molecule has 0 spiro atoms. The Morgan fingerprint density at radius 3 is 2.58 bits per heavy atom. The molecule has 5 nitrogen and oxygen atoms in total. The number of anilines is 1. The summed E-state index contributed by atoms with van der Waals surface area (Å²) in [5.41, 5.74) is 9.49. The number of nitrogens with zero attached hydrogens (tertiary/aromatic N) is 2. The number of halogens is 1. The van der Waals surface area contributed by atoms with Crippen molar-refractivity contribution in [3.05, 3.63) is 65.3 Å². The second-order valence-corrected chi connectivity index (χ2v) is 6.84. The quantitative estimate of drug-likeness (QED) is 0.588. The summed E-state index contributed by atoms with van der Waals surface area (Å²) in [6.07, 6.45) is 1.66. The van der Waals surface area contributed by atoms with E-state index in [1.165, 1.54) is 0 Å². The molecule has 0 bridgehead atoms. The second-order valence-electron chi connectivity index (χ2n) is 5.92. The van der Waals surface area contributed by atoms with Gasteiger partial charge in [-0.15, -0.1) is 0 Å². The van der Waals surface area contributed by atoms with E-state index in [-0.39, 0.29) is 11.7 Å². The molecule has 0 aliphatic heterocycles. The monoisotopic (exact) mass is 411 g/mol. The fourth-order valence-corrected chi connectivity index (χ4v) is 2.71. The molecule has 2 aromatic carbocycles. The minimum Gasteiger partial charge on any atom is -0.507 e. The summed E-state index contributed by atoms with van der Waals surface area (Å²) in [6.45, 7) is 6.07. The number of nitrogens with two attached hydrogens (primary N) is 1. The molecule has 3 rings (SSSR count). The van der Waals surface area contributed by atoms with Gasteiger partial charge in [-0.1, -0.05) is 34.6 Å². The summed E-state index contributed by atoms with van der Waals surface area (Å²) < 4.78 is 6.54. The van der Waals surface area contributed by atoms with E-state index in [4.69, 9.17) is 10.5 Å². The van der Waals surface area contributed by atoms with Crippen molar-refractivity contribution in [3.8, 4) is 33.9 Å². The number of aromatic nitrogens is 2. The van der Waals surface area contributed by atoms with Gasteiger partial charge in [-0.2, -0.15) is 0 Å². The minimum absolute atomic E-state index is 0.0562. The largest absolute Gasteiger partial charge is 0.507 e. The van der Waals surface area contributed by atoms with Gasteiger partial charge in [0.15, 0.2) is 0 Å². The molecule has 132 valence electrons. The molecule has 0 atom stereocenters. The van der Waals surface area contributed by atoms with Gasteiger partial charge in [-0.05, 0) is 42.3 Å². The zero-order chi connectivity index (χ0) is 18.7. The van der Waals surface area contributed by atoms with E-state index in [0.29, 0.717) is 23.6 Å². The van der Waals surface area contributed by atoms with Crippen molar-refractivity contribution >= 4 is 21.9 Å². The fraction of sp³-hybridized carbons (Fsp3) is 0.100. The lowest BCUT2D eigenvalue weighted by molar-refractivity contribution is 0.350. The molecule has 1 heterocycles. The van der Waals surface area contributed by atoms with Gasteiger partial charge in [-0.25, -0.2) is 9.97 Å². The Morgan fingerprint density at radius 1 is 1.19 bits per heavy atom. The molecular weight excluding hydrogens is 394 g/mol. The maximum atomic E-state index is 10.5. The Kier molecular flexibility index (Phi) is 5.23. The fourth-order valence-electron chi connectivity index (χ4n) is 2.45. The Balaban J connectivity index is 2.04. The van der Waals surface area contributed by atoms with E-state index in [1.807, 2.05) is 31.2 Å². The number of rotatable bonds is 5. The first-order valence-electron chi connectivity index (χ1n) is 7.93. The highest BCUT2D eigenvalue weighted by molar-refractivity contribution is 9.10. The predicted molar refractivity (Wildman–Crippen MR) is 107 cm³/mol. The highest BCUT2D eigenvalue weighted by Gasteiger charge is 2.15. The Hall–Kier alpha value is -2.86. The number of hydrogen-bond donors (Lipinski definition) is 2.